The summed E-state index contributed by atoms with van der Waals surface area (Å²) >= 11 is 0. The van der Waals surface area contributed by atoms with E-state index in [0.29, 0.717) is 5.92 Å². The summed E-state index contributed by atoms with van der Waals surface area (Å²) in [5, 5.41) is 7.67. The van der Waals surface area contributed by atoms with Gasteiger partial charge in [0, 0.05) is 0 Å². The third-order valence-corrected chi connectivity index (χ3v) is 1.99. The standard InChI is InChI=1S/C9H10N2/c1-7-2-3-8-5-10-11-6-9(8)4-7/h2-3,5-7H,4H2,1H3. The second kappa shape index (κ2) is 2.46. The SMILES string of the molecule is CC1C=Cc2cnncc2C1. The quantitative estimate of drug-likeness (QED) is 0.556. The molecule has 0 amide bonds. The summed E-state index contributed by atoms with van der Waals surface area (Å²) in [5.41, 5.74) is 2.54. The van der Waals surface area contributed by atoms with E-state index in [-0.39, 0.29) is 0 Å². The molecule has 0 fully saturated rings. The van der Waals surface area contributed by atoms with Crippen molar-refractivity contribution in [3.8, 4) is 0 Å². The number of aromatic nitrogens is 2. The lowest BCUT2D eigenvalue weighted by Crippen LogP contribution is -2.04. The van der Waals surface area contributed by atoms with Crippen molar-refractivity contribution in [2.75, 3.05) is 0 Å². The van der Waals surface area contributed by atoms with Gasteiger partial charge in [0.15, 0.2) is 0 Å². The van der Waals surface area contributed by atoms with E-state index in [1.807, 2.05) is 12.4 Å². The van der Waals surface area contributed by atoms with Crippen LogP contribution in [0.1, 0.15) is 18.1 Å². The zero-order chi connectivity index (χ0) is 7.68. The van der Waals surface area contributed by atoms with E-state index >= 15 is 0 Å². The number of nitrogens with zero attached hydrogens (tertiary/aromatic N) is 2. The maximum atomic E-state index is 3.85. The molecule has 0 saturated heterocycles. The van der Waals surface area contributed by atoms with Crippen molar-refractivity contribution in [2.45, 2.75) is 13.3 Å². The Kier molecular flexibility index (Phi) is 1.46. The second-order valence-corrected chi connectivity index (χ2v) is 3.01. The van der Waals surface area contributed by atoms with Crippen LogP contribution >= 0.6 is 0 Å². The molecule has 0 spiro atoms. The topological polar surface area (TPSA) is 25.8 Å². The summed E-state index contributed by atoms with van der Waals surface area (Å²) < 4.78 is 0. The number of rotatable bonds is 0. The number of allylic oxidation sites excluding steroid dienone is 1. The molecular weight excluding hydrogens is 136 g/mol. The summed E-state index contributed by atoms with van der Waals surface area (Å²) in [7, 11) is 0. The zero-order valence-electron chi connectivity index (χ0n) is 6.49. The number of hydrogen-bond donors (Lipinski definition) is 0. The van der Waals surface area contributed by atoms with Gasteiger partial charge < -0.3 is 0 Å². The van der Waals surface area contributed by atoms with Crippen molar-refractivity contribution in [3.05, 3.63) is 29.6 Å². The van der Waals surface area contributed by atoms with Gasteiger partial charge in [-0.3, -0.25) is 0 Å². The summed E-state index contributed by atoms with van der Waals surface area (Å²) in [6.45, 7) is 2.21. The Morgan fingerprint density at radius 2 is 2.18 bits per heavy atom. The first-order chi connectivity index (χ1) is 5.36. The fraction of sp³-hybridized carbons (Fsp3) is 0.333. The van der Waals surface area contributed by atoms with Gasteiger partial charge in [0.1, 0.15) is 0 Å². The monoisotopic (exact) mass is 146 g/mol. The molecule has 0 saturated carbocycles. The minimum atomic E-state index is 0.645. The molecular formula is C9H10N2. The first-order valence-electron chi connectivity index (χ1n) is 3.84. The first kappa shape index (κ1) is 6.53. The molecule has 0 bridgehead atoms. The Balaban J connectivity index is 2.46. The van der Waals surface area contributed by atoms with E-state index in [1.165, 1.54) is 11.1 Å². The maximum Gasteiger partial charge on any atom is 0.0571 e. The fourth-order valence-electron chi connectivity index (χ4n) is 1.36. The van der Waals surface area contributed by atoms with E-state index < -0.39 is 0 Å². The van der Waals surface area contributed by atoms with Crippen LogP contribution in [0.15, 0.2) is 18.5 Å². The van der Waals surface area contributed by atoms with Crippen molar-refractivity contribution >= 4 is 6.08 Å². The van der Waals surface area contributed by atoms with Gasteiger partial charge in [-0.15, -0.1) is 0 Å². The van der Waals surface area contributed by atoms with Gasteiger partial charge in [-0.25, -0.2) is 0 Å². The Labute approximate surface area is 66.0 Å². The predicted octanol–water partition coefficient (Wildman–Crippen LogP) is 1.68. The smallest absolute Gasteiger partial charge is 0.0571 e. The molecule has 2 rings (SSSR count). The molecule has 0 N–H and O–H groups in total. The average molecular weight is 146 g/mol. The van der Waals surface area contributed by atoms with Gasteiger partial charge in [-0.1, -0.05) is 19.1 Å². The molecule has 1 aromatic rings. The van der Waals surface area contributed by atoms with Gasteiger partial charge in [0.05, 0.1) is 12.4 Å². The van der Waals surface area contributed by atoms with Gasteiger partial charge >= 0.3 is 0 Å². The molecule has 0 aliphatic heterocycles. The highest BCUT2D eigenvalue weighted by atomic mass is 15.1. The highest BCUT2D eigenvalue weighted by Gasteiger charge is 2.08. The van der Waals surface area contributed by atoms with Crippen molar-refractivity contribution in [1.29, 1.82) is 0 Å². The van der Waals surface area contributed by atoms with Crippen LogP contribution in [0.2, 0.25) is 0 Å². The first-order valence-corrected chi connectivity index (χ1v) is 3.84. The molecule has 11 heavy (non-hydrogen) atoms. The highest BCUT2D eigenvalue weighted by Crippen LogP contribution is 2.20. The third kappa shape index (κ3) is 1.16. The molecule has 1 aliphatic rings. The Morgan fingerprint density at radius 3 is 3.09 bits per heavy atom. The van der Waals surface area contributed by atoms with Gasteiger partial charge in [-0.2, -0.15) is 10.2 Å². The van der Waals surface area contributed by atoms with Crippen LogP contribution in [-0.4, -0.2) is 10.2 Å². The number of fused-ring (bicyclic) bond motifs is 1. The third-order valence-electron chi connectivity index (χ3n) is 1.99. The van der Waals surface area contributed by atoms with Crippen molar-refractivity contribution < 1.29 is 0 Å². The maximum absolute atomic E-state index is 3.85. The Bertz CT molecular complexity index is 291. The van der Waals surface area contributed by atoms with E-state index in [0.717, 1.165) is 6.42 Å². The number of hydrogen-bond acceptors (Lipinski definition) is 2. The summed E-state index contributed by atoms with van der Waals surface area (Å²) in [5.74, 6) is 0.645. The van der Waals surface area contributed by atoms with E-state index in [2.05, 4.69) is 29.3 Å². The molecule has 0 radical (unpaired) electrons. The van der Waals surface area contributed by atoms with Crippen LogP contribution < -0.4 is 0 Å². The van der Waals surface area contributed by atoms with E-state index in [4.69, 9.17) is 0 Å². The van der Waals surface area contributed by atoms with Crippen molar-refractivity contribution in [3.63, 3.8) is 0 Å². The van der Waals surface area contributed by atoms with Gasteiger partial charge in [0.25, 0.3) is 0 Å². The van der Waals surface area contributed by atoms with Crippen LogP contribution in [0.25, 0.3) is 6.08 Å². The normalized spacial score (nSPS) is 21.4. The van der Waals surface area contributed by atoms with Gasteiger partial charge in [-0.05, 0) is 23.5 Å². The Morgan fingerprint density at radius 1 is 1.36 bits per heavy atom. The minimum Gasteiger partial charge on any atom is -0.159 e. The van der Waals surface area contributed by atoms with Crippen LogP contribution in [0.4, 0.5) is 0 Å². The fourth-order valence-corrected chi connectivity index (χ4v) is 1.36. The molecule has 1 unspecified atom stereocenters. The lowest BCUT2D eigenvalue weighted by atomic mass is 9.93. The molecule has 1 aromatic heterocycles. The molecule has 0 aromatic carbocycles. The summed E-state index contributed by atoms with van der Waals surface area (Å²) in [6, 6.07) is 0. The molecule has 1 atom stereocenters. The van der Waals surface area contributed by atoms with Crippen molar-refractivity contribution in [2.24, 2.45) is 5.92 Å². The minimum absolute atomic E-state index is 0.645. The van der Waals surface area contributed by atoms with Gasteiger partial charge in [0.2, 0.25) is 0 Å². The molecule has 56 valence electrons. The molecule has 2 nitrogen and oxygen atoms in total. The van der Waals surface area contributed by atoms with Crippen LogP contribution in [-0.2, 0) is 6.42 Å². The van der Waals surface area contributed by atoms with E-state index in [9.17, 15) is 0 Å². The second-order valence-electron chi connectivity index (χ2n) is 3.01. The molecule has 1 heterocycles. The summed E-state index contributed by atoms with van der Waals surface area (Å²) in [6.07, 6.45) is 9.11. The van der Waals surface area contributed by atoms with E-state index in [1.54, 1.807) is 0 Å². The lowest BCUT2D eigenvalue weighted by molar-refractivity contribution is 0.710. The average Bonchev–Trinajstić information content (AvgIpc) is 2.04. The zero-order valence-corrected chi connectivity index (χ0v) is 6.49. The van der Waals surface area contributed by atoms with Crippen LogP contribution in [0, 0.1) is 5.92 Å². The largest absolute Gasteiger partial charge is 0.159 e. The molecule has 1 aliphatic carbocycles. The van der Waals surface area contributed by atoms with Crippen molar-refractivity contribution in [1.82, 2.24) is 10.2 Å². The molecule has 2 heteroatoms. The lowest BCUT2D eigenvalue weighted by Gasteiger charge is -2.13. The highest BCUT2D eigenvalue weighted by molar-refractivity contribution is 5.54. The Hall–Kier alpha value is -1.18. The predicted molar refractivity (Wildman–Crippen MR) is 43.9 cm³/mol. The van der Waals surface area contributed by atoms with Crippen LogP contribution in [0.5, 0.6) is 0 Å². The van der Waals surface area contributed by atoms with Crippen LogP contribution in [0.3, 0.4) is 0 Å². The summed E-state index contributed by atoms with van der Waals surface area (Å²) in [4.78, 5) is 0.